The van der Waals surface area contributed by atoms with E-state index < -0.39 is 0 Å². The topological polar surface area (TPSA) is 49.8 Å². The molecule has 0 radical (unpaired) electrons. The molecule has 0 atom stereocenters. The van der Waals surface area contributed by atoms with E-state index in [2.05, 4.69) is 68.4 Å². The quantitative estimate of drug-likeness (QED) is 0.260. The molecule has 5 heteroatoms. The molecular formula is C33H51FN4. The van der Waals surface area contributed by atoms with Crippen molar-refractivity contribution in [1.82, 2.24) is 15.3 Å². The molecule has 0 saturated heterocycles. The minimum atomic E-state index is -0.178. The van der Waals surface area contributed by atoms with Crippen molar-refractivity contribution in [2.75, 3.05) is 11.9 Å². The molecule has 0 saturated carbocycles. The van der Waals surface area contributed by atoms with E-state index in [0.717, 1.165) is 39.7 Å². The third-order valence-electron chi connectivity index (χ3n) is 4.98. The molecule has 0 amide bonds. The summed E-state index contributed by atoms with van der Waals surface area (Å²) in [5.41, 5.74) is 5.28. The summed E-state index contributed by atoms with van der Waals surface area (Å²) in [6.45, 7) is 25.1. The Kier molecular flexibility index (Phi) is 19.0. The molecule has 0 spiro atoms. The second-order valence-corrected chi connectivity index (χ2v) is 9.45. The first-order chi connectivity index (χ1) is 18.2. The molecule has 4 nitrogen and oxygen atoms in total. The van der Waals surface area contributed by atoms with Crippen LogP contribution in [0.15, 0.2) is 67.8 Å². The second-order valence-electron chi connectivity index (χ2n) is 9.45. The Labute approximate surface area is 231 Å². The molecule has 2 N–H and O–H groups in total. The van der Waals surface area contributed by atoms with E-state index in [1.165, 1.54) is 37.8 Å². The van der Waals surface area contributed by atoms with Crippen molar-refractivity contribution in [1.29, 1.82) is 0 Å². The molecule has 0 unspecified atom stereocenters. The highest BCUT2D eigenvalue weighted by Gasteiger charge is 2.08. The Morgan fingerprint density at radius 3 is 1.89 bits per heavy atom. The minimum Gasteiger partial charge on any atom is -0.382 e. The maximum atomic E-state index is 12.7. The number of benzene rings is 2. The van der Waals surface area contributed by atoms with Crippen LogP contribution in [0, 0.1) is 18.7 Å². The number of para-hydroxylation sites is 2. The molecule has 0 aliphatic rings. The predicted molar refractivity (Wildman–Crippen MR) is 167 cm³/mol. The van der Waals surface area contributed by atoms with Crippen molar-refractivity contribution in [2.24, 2.45) is 5.92 Å². The Morgan fingerprint density at radius 2 is 1.42 bits per heavy atom. The number of anilines is 1. The molecule has 210 valence electrons. The first kappa shape index (κ1) is 34.8. The van der Waals surface area contributed by atoms with Gasteiger partial charge in [-0.05, 0) is 62.1 Å². The van der Waals surface area contributed by atoms with Crippen LogP contribution in [0.1, 0.15) is 85.5 Å². The van der Waals surface area contributed by atoms with Crippen LogP contribution in [0.2, 0.25) is 0 Å². The van der Waals surface area contributed by atoms with E-state index >= 15 is 0 Å². The summed E-state index contributed by atoms with van der Waals surface area (Å²) in [6, 6.07) is 14.9. The summed E-state index contributed by atoms with van der Waals surface area (Å²) in [4.78, 5) is 9.08. The molecular weight excluding hydrogens is 471 g/mol. The van der Waals surface area contributed by atoms with Gasteiger partial charge in [0.05, 0.1) is 22.4 Å². The third kappa shape index (κ3) is 14.5. The standard InChI is InChI=1S/C14H15N3.C13H20FN.C4H10.C2H6/c1-4-9-15-10(2)14-11(3)16-12-7-5-6-8-13(12)17-14;1-3-5-12(6-4-2)15-13-9-7-11(14)8-10-13;1-4(2)3;1-2/h4-8,15H,1-2,9H2,3H3;7-10,12,15H,3-6H2,1-2H3;4H,1-3H3;1-2H3. The second kappa shape index (κ2) is 20.8. The number of hydrogen-bond acceptors (Lipinski definition) is 4. The van der Waals surface area contributed by atoms with E-state index in [9.17, 15) is 4.39 Å². The van der Waals surface area contributed by atoms with Gasteiger partial charge in [0.1, 0.15) is 11.5 Å². The average Bonchev–Trinajstić information content (AvgIpc) is 2.90. The van der Waals surface area contributed by atoms with Crippen molar-refractivity contribution in [3.63, 3.8) is 0 Å². The zero-order valence-electron chi connectivity index (χ0n) is 25.1. The minimum absolute atomic E-state index is 0.178. The molecule has 0 aliphatic carbocycles. The van der Waals surface area contributed by atoms with Crippen molar-refractivity contribution in [2.45, 2.75) is 87.1 Å². The van der Waals surface area contributed by atoms with E-state index in [0.29, 0.717) is 12.6 Å². The van der Waals surface area contributed by atoms with E-state index in [1.807, 2.05) is 45.0 Å². The normalized spacial score (nSPS) is 9.87. The highest BCUT2D eigenvalue weighted by molar-refractivity contribution is 5.77. The van der Waals surface area contributed by atoms with Crippen LogP contribution in [0.3, 0.4) is 0 Å². The lowest BCUT2D eigenvalue weighted by Crippen LogP contribution is -2.18. The molecule has 0 fully saturated rings. The first-order valence-corrected chi connectivity index (χ1v) is 14.0. The molecule has 1 aromatic heterocycles. The van der Waals surface area contributed by atoms with Crippen LogP contribution in [0.4, 0.5) is 10.1 Å². The highest BCUT2D eigenvalue weighted by Crippen LogP contribution is 2.16. The summed E-state index contributed by atoms with van der Waals surface area (Å²) in [5.74, 6) is 0.656. The van der Waals surface area contributed by atoms with Gasteiger partial charge in [0.2, 0.25) is 0 Å². The van der Waals surface area contributed by atoms with Gasteiger partial charge in [0, 0.05) is 18.3 Å². The van der Waals surface area contributed by atoms with Gasteiger partial charge in [-0.2, -0.15) is 0 Å². The number of hydrogen-bond donors (Lipinski definition) is 2. The average molecular weight is 523 g/mol. The smallest absolute Gasteiger partial charge is 0.123 e. The first-order valence-electron chi connectivity index (χ1n) is 14.0. The lowest BCUT2D eigenvalue weighted by molar-refractivity contribution is 0.585. The van der Waals surface area contributed by atoms with Crippen LogP contribution in [0.5, 0.6) is 0 Å². The van der Waals surface area contributed by atoms with Crippen LogP contribution in [-0.2, 0) is 0 Å². The molecule has 3 rings (SSSR count). The number of halogens is 1. The fourth-order valence-electron chi connectivity index (χ4n) is 3.42. The number of nitrogens with zero attached hydrogens (tertiary/aromatic N) is 2. The Balaban J connectivity index is 0.000000601. The summed E-state index contributed by atoms with van der Waals surface area (Å²) < 4.78 is 12.7. The largest absolute Gasteiger partial charge is 0.382 e. The van der Waals surface area contributed by atoms with Gasteiger partial charge in [-0.25, -0.2) is 14.4 Å². The molecule has 1 heterocycles. The number of aryl methyl sites for hydroxylation is 1. The van der Waals surface area contributed by atoms with Crippen LogP contribution in [-0.4, -0.2) is 22.6 Å². The fourth-order valence-corrected chi connectivity index (χ4v) is 3.42. The molecule has 0 aliphatic heterocycles. The number of fused-ring (bicyclic) bond motifs is 1. The third-order valence-corrected chi connectivity index (χ3v) is 4.98. The Morgan fingerprint density at radius 1 is 0.921 bits per heavy atom. The molecule has 38 heavy (non-hydrogen) atoms. The van der Waals surface area contributed by atoms with Gasteiger partial charge in [-0.15, -0.1) is 6.58 Å². The summed E-state index contributed by atoms with van der Waals surface area (Å²) in [5, 5.41) is 6.58. The summed E-state index contributed by atoms with van der Waals surface area (Å²) in [7, 11) is 0. The highest BCUT2D eigenvalue weighted by atomic mass is 19.1. The van der Waals surface area contributed by atoms with Crippen LogP contribution < -0.4 is 10.6 Å². The predicted octanol–water partition coefficient (Wildman–Crippen LogP) is 9.58. The summed E-state index contributed by atoms with van der Waals surface area (Å²) in [6.07, 6.45) is 6.49. The zero-order valence-corrected chi connectivity index (χ0v) is 25.1. The van der Waals surface area contributed by atoms with Crippen molar-refractivity contribution < 1.29 is 4.39 Å². The Bertz CT molecular complexity index is 1040. The van der Waals surface area contributed by atoms with Gasteiger partial charge in [-0.3, -0.25) is 0 Å². The van der Waals surface area contributed by atoms with Gasteiger partial charge in [-0.1, -0.05) is 86.1 Å². The van der Waals surface area contributed by atoms with Crippen molar-refractivity contribution >= 4 is 22.4 Å². The maximum Gasteiger partial charge on any atom is 0.123 e. The van der Waals surface area contributed by atoms with Gasteiger partial charge in [0.25, 0.3) is 0 Å². The zero-order chi connectivity index (χ0) is 28.9. The molecule has 2 aromatic carbocycles. The molecule has 3 aromatic rings. The number of rotatable bonds is 10. The summed E-state index contributed by atoms with van der Waals surface area (Å²) >= 11 is 0. The van der Waals surface area contributed by atoms with Gasteiger partial charge in [0.15, 0.2) is 0 Å². The lowest BCUT2D eigenvalue weighted by atomic mass is 10.1. The lowest BCUT2D eigenvalue weighted by Gasteiger charge is -2.18. The van der Waals surface area contributed by atoms with Crippen LogP contribution >= 0.6 is 0 Å². The van der Waals surface area contributed by atoms with Crippen molar-refractivity contribution in [3.8, 4) is 0 Å². The molecule has 0 bridgehead atoms. The fraction of sp³-hybridized carbons (Fsp3) is 0.455. The SMILES string of the molecule is C=CCNC(=C)c1nc2ccccc2nc1C.CC.CC(C)C.CCCC(CCC)Nc1ccc(F)cc1. The Hall–Kier alpha value is -3.21. The van der Waals surface area contributed by atoms with E-state index in [-0.39, 0.29) is 5.82 Å². The van der Waals surface area contributed by atoms with Gasteiger partial charge >= 0.3 is 0 Å². The number of nitrogens with one attached hydrogen (secondary N) is 2. The van der Waals surface area contributed by atoms with E-state index in [4.69, 9.17) is 0 Å². The van der Waals surface area contributed by atoms with Gasteiger partial charge < -0.3 is 10.6 Å². The number of aromatic nitrogens is 2. The monoisotopic (exact) mass is 522 g/mol. The van der Waals surface area contributed by atoms with E-state index in [1.54, 1.807) is 18.2 Å². The maximum absolute atomic E-state index is 12.7. The van der Waals surface area contributed by atoms with Crippen molar-refractivity contribution in [3.05, 3.63) is 85.0 Å². The van der Waals surface area contributed by atoms with Crippen LogP contribution in [0.25, 0.3) is 16.7 Å².